The minimum Gasteiger partial charge on any atom is -0.385 e. The Kier molecular flexibility index (Phi) is 7.20. The van der Waals surface area contributed by atoms with E-state index in [1.165, 1.54) is 5.75 Å². The van der Waals surface area contributed by atoms with Crippen molar-refractivity contribution in [2.75, 3.05) is 31.0 Å². The van der Waals surface area contributed by atoms with E-state index in [2.05, 4.69) is 34.2 Å². The Labute approximate surface area is 115 Å². The molecule has 0 aliphatic heterocycles. The van der Waals surface area contributed by atoms with Gasteiger partial charge in [-0.25, -0.2) is 4.98 Å². The molecule has 1 aromatic heterocycles. The number of rotatable bonds is 9. The van der Waals surface area contributed by atoms with Gasteiger partial charge in [-0.3, -0.25) is 0 Å². The van der Waals surface area contributed by atoms with Crippen molar-refractivity contribution in [1.29, 1.82) is 0 Å². The zero-order valence-corrected chi connectivity index (χ0v) is 12.7. The minimum atomic E-state index is 0.459. The highest BCUT2D eigenvalue weighted by atomic mass is 32.2. The van der Waals surface area contributed by atoms with Crippen LogP contribution in [0, 0.1) is 6.92 Å². The van der Waals surface area contributed by atoms with E-state index in [0.29, 0.717) is 6.04 Å². The molecule has 0 aliphatic carbocycles. The third-order valence-electron chi connectivity index (χ3n) is 2.77. The number of imidazole rings is 1. The van der Waals surface area contributed by atoms with Crippen LogP contribution in [0.1, 0.15) is 25.5 Å². The highest BCUT2D eigenvalue weighted by Crippen LogP contribution is 2.12. The lowest BCUT2D eigenvalue weighted by Crippen LogP contribution is -2.19. The fourth-order valence-corrected chi connectivity index (χ4v) is 2.39. The first-order valence-corrected chi connectivity index (χ1v) is 7.85. The van der Waals surface area contributed by atoms with E-state index in [9.17, 15) is 0 Å². The normalized spacial score (nSPS) is 12.7. The van der Waals surface area contributed by atoms with Crippen molar-refractivity contribution in [3.05, 3.63) is 11.9 Å². The van der Waals surface area contributed by atoms with Gasteiger partial charge in [0, 0.05) is 32.5 Å². The predicted octanol–water partition coefficient (Wildman–Crippen LogP) is 2.78. The second kappa shape index (κ2) is 8.43. The van der Waals surface area contributed by atoms with Crippen LogP contribution in [0.3, 0.4) is 0 Å². The molecule has 1 atom stereocenters. The quantitative estimate of drug-likeness (QED) is 0.701. The zero-order valence-electron chi connectivity index (χ0n) is 11.9. The Morgan fingerprint density at radius 2 is 2.33 bits per heavy atom. The molecule has 18 heavy (non-hydrogen) atoms. The number of aryl methyl sites for hydroxylation is 2. The van der Waals surface area contributed by atoms with Gasteiger partial charge in [0.15, 0.2) is 0 Å². The molecule has 4 nitrogen and oxygen atoms in total. The van der Waals surface area contributed by atoms with Gasteiger partial charge in [-0.2, -0.15) is 11.8 Å². The van der Waals surface area contributed by atoms with E-state index in [1.807, 2.05) is 18.7 Å². The lowest BCUT2D eigenvalue weighted by atomic mass is 10.3. The fourth-order valence-electron chi connectivity index (χ4n) is 1.80. The van der Waals surface area contributed by atoms with Gasteiger partial charge in [-0.15, -0.1) is 0 Å². The van der Waals surface area contributed by atoms with Crippen molar-refractivity contribution in [3.8, 4) is 0 Å². The second-order valence-electron chi connectivity index (χ2n) is 4.57. The molecular formula is C13H25N3OS. The molecular weight excluding hydrogens is 246 g/mol. The number of aromatic nitrogens is 2. The monoisotopic (exact) mass is 271 g/mol. The molecule has 0 bridgehead atoms. The van der Waals surface area contributed by atoms with Crippen LogP contribution < -0.4 is 5.32 Å². The van der Waals surface area contributed by atoms with Crippen LogP contribution in [0.25, 0.3) is 0 Å². The molecule has 0 saturated carbocycles. The van der Waals surface area contributed by atoms with Gasteiger partial charge >= 0.3 is 0 Å². The summed E-state index contributed by atoms with van der Waals surface area (Å²) in [5.74, 6) is 2.16. The lowest BCUT2D eigenvalue weighted by molar-refractivity contribution is 0.190. The third-order valence-corrected chi connectivity index (χ3v) is 3.42. The summed E-state index contributed by atoms with van der Waals surface area (Å²) in [5.41, 5.74) is 1.06. The molecule has 1 N–H and O–H groups in total. The topological polar surface area (TPSA) is 39.1 Å². The first kappa shape index (κ1) is 15.4. The van der Waals surface area contributed by atoms with Crippen molar-refractivity contribution in [2.24, 2.45) is 0 Å². The van der Waals surface area contributed by atoms with Crippen LogP contribution in [0.4, 0.5) is 5.95 Å². The highest BCUT2D eigenvalue weighted by molar-refractivity contribution is 7.98. The van der Waals surface area contributed by atoms with Crippen molar-refractivity contribution < 1.29 is 4.74 Å². The molecule has 0 fully saturated rings. The number of thioether (sulfide) groups is 1. The van der Waals surface area contributed by atoms with Crippen LogP contribution in [-0.4, -0.2) is 41.3 Å². The Morgan fingerprint density at radius 3 is 3.00 bits per heavy atom. The highest BCUT2D eigenvalue weighted by Gasteiger charge is 2.08. The smallest absolute Gasteiger partial charge is 0.203 e. The van der Waals surface area contributed by atoms with Gasteiger partial charge in [-0.1, -0.05) is 0 Å². The minimum absolute atomic E-state index is 0.459. The van der Waals surface area contributed by atoms with Gasteiger partial charge in [0.05, 0.1) is 5.69 Å². The van der Waals surface area contributed by atoms with Crippen LogP contribution in [0.2, 0.25) is 0 Å². The Hall–Kier alpha value is -0.680. The average Bonchev–Trinajstić information content (AvgIpc) is 2.67. The van der Waals surface area contributed by atoms with E-state index >= 15 is 0 Å². The predicted molar refractivity (Wildman–Crippen MR) is 79.5 cm³/mol. The summed E-state index contributed by atoms with van der Waals surface area (Å²) in [5, 5.41) is 3.49. The van der Waals surface area contributed by atoms with Crippen LogP contribution in [0.5, 0.6) is 0 Å². The van der Waals surface area contributed by atoms with Crippen molar-refractivity contribution in [2.45, 2.75) is 39.3 Å². The van der Waals surface area contributed by atoms with Gasteiger partial charge < -0.3 is 14.6 Å². The van der Waals surface area contributed by atoms with E-state index < -0.39 is 0 Å². The fraction of sp³-hybridized carbons (Fsp3) is 0.769. The molecule has 1 heterocycles. The summed E-state index contributed by atoms with van der Waals surface area (Å²) in [6.45, 7) is 5.98. The maximum atomic E-state index is 5.09. The second-order valence-corrected chi connectivity index (χ2v) is 5.56. The number of ether oxygens (including phenoxy) is 1. The summed E-state index contributed by atoms with van der Waals surface area (Å²) in [4.78, 5) is 4.54. The molecule has 0 spiro atoms. The Bertz CT molecular complexity index is 341. The zero-order chi connectivity index (χ0) is 13.4. The summed E-state index contributed by atoms with van der Waals surface area (Å²) in [6, 6.07) is 0.459. The van der Waals surface area contributed by atoms with Gasteiger partial charge in [0.2, 0.25) is 5.95 Å². The van der Waals surface area contributed by atoms with Crippen molar-refractivity contribution in [3.63, 3.8) is 0 Å². The molecule has 0 amide bonds. The maximum Gasteiger partial charge on any atom is 0.203 e. The van der Waals surface area contributed by atoms with Crippen LogP contribution >= 0.6 is 11.8 Å². The number of nitrogens with one attached hydrogen (secondary N) is 1. The number of anilines is 1. The number of nitrogens with zero attached hydrogens (tertiary/aromatic N) is 2. The number of hydrogen-bond donors (Lipinski definition) is 1. The largest absolute Gasteiger partial charge is 0.385 e. The summed E-state index contributed by atoms with van der Waals surface area (Å²) >= 11 is 1.88. The van der Waals surface area contributed by atoms with Crippen LogP contribution in [0.15, 0.2) is 6.20 Å². The molecule has 104 valence electrons. The molecule has 0 aliphatic rings. The van der Waals surface area contributed by atoms with E-state index in [1.54, 1.807) is 7.11 Å². The average molecular weight is 271 g/mol. The van der Waals surface area contributed by atoms with Crippen molar-refractivity contribution in [1.82, 2.24) is 9.55 Å². The molecule has 1 aromatic rings. The molecule has 1 rings (SSSR count). The number of methoxy groups -OCH3 is 1. The van der Waals surface area contributed by atoms with E-state index in [-0.39, 0.29) is 0 Å². The number of hydrogen-bond acceptors (Lipinski definition) is 4. The Morgan fingerprint density at radius 1 is 1.56 bits per heavy atom. The third kappa shape index (κ3) is 5.31. The Balaban J connectivity index is 2.52. The summed E-state index contributed by atoms with van der Waals surface area (Å²) < 4.78 is 7.27. The van der Waals surface area contributed by atoms with Gasteiger partial charge in [0.25, 0.3) is 0 Å². The maximum absolute atomic E-state index is 5.09. The molecule has 5 heteroatoms. The molecule has 1 unspecified atom stereocenters. The van der Waals surface area contributed by atoms with E-state index in [4.69, 9.17) is 4.74 Å². The van der Waals surface area contributed by atoms with Gasteiger partial charge in [-0.05, 0) is 38.7 Å². The first-order valence-electron chi connectivity index (χ1n) is 6.45. The first-order chi connectivity index (χ1) is 8.67. The van der Waals surface area contributed by atoms with Gasteiger partial charge in [0.1, 0.15) is 0 Å². The summed E-state index contributed by atoms with van der Waals surface area (Å²) in [7, 11) is 1.74. The lowest BCUT2D eigenvalue weighted by Gasteiger charge is -2.15. The van der Waals surface area contributed by atoms with Crippen LogP contribution in [-0.2, 0) is 11.3 Å². The molecule has 0 aromatic carbocycles. The molecule has 0 radical (unpaired) electrons. The molecule has 0 saturated heterocycles. The standard InChI is InChI=1S/C13H25N3OS/c1-11(6-9-18-4)14-13-15-12(2)10-16(13)7-5-8-17-3/h10-11H,5-9H2,1-4H3,(H,14,15). The van der Waals surface area contributed by atoms with Crippen molar-refractivity contribution >= 4 is 17.7 Å². The SMILES string of the molecule is COCCCn1cc(C)nc1NC(C)CCSC. The summed E-state index contributed by atoms with van der Waals surface area (Å²) in [6.07, 6.45) is 6.41. The van der Waals surface area contributed by atoms with E-state index in [0.717, 1.165) is 37.6 Å².